The molecule has 0 spiro atoms. The van der Waals surface area contributed by atoms with E-state index in [4.69, 9.17) is 15.0 Å². The van der Waals surface area contributed by atoms with E-state index in [2.05, 4.69) is 54.9 Å². The van der Waals surface area contributed by atoms with E-state index in [1.807, 2.05) is 0 Å². The third-order valence-electron chi connectivity index (χ3n) is 16.2. The number of halogens is 2. The van der Waals surface area contributed by atoms with Crippen molar-refractivity contribution in [3.8, 4) is 0 Å². The van der Waals surface area contributed by atoms with E-state index in [0.29, 0.717) is 23.7 Å². The SMILES string of the molecule is C(=Nc1c(C2CCCCC2)cc(C2CCCCC2)cc1C1CCCCC1)c1cccc(C=Nc2c(C3CCCCC3)cc(C3CCCCC3)cc2C2CCCCC2)n1.[Cl-].[Cl-].[Fe+2]. The van der Waals surface area contributed by atoms with Gasteiger partial charge < -0.3 is 24.8 Å². The van der Waals surface area contributed by atoms with E-state index in [1.54, 1.807) is 33.4 Å². The number of aliphatic imine (C=N–C) groups is 2. The van der Waals surface area contributed by atoms with Crippen LogP contribution in [0.1, 0.15) is 273 Å². The first-order chi connectivity index (χ1) is 28.8. The Kier molecular flexibility index (Phi) is 19.4. The minimum Gasteiger partial charge on any atom is -1.00 e. The average molecular weight is 905 g/mol. The van der Waals surface area contributed by atoms with E-state index in [9.17, 15) is 0 Å². The van der Waals surface area contributed by atoms with E-state index in [-0.39, 0.29) is 41.9 Å². The molecule has 6 fully saturated rings. The zero-order chi connectivity index (χ0) is 38.9. The van der Waals surface area contributed by atoms with E-state index < -0.39 is 0 Å². The van der Waals surface area contributed by atoms with E-state index >= 15 is 0 Å². The summed E-state index contributed by atoms with van der Waals surface area (Å²) >= 11 is 0. The molecular weight excluding hydrogens is 829 g/mol. The molecule has 0 aliphatic heterocycles. The van der Waals surface area contributed by atoms with Gasteiger partial charge in [0.25, 0.3) is 0 Å². The first kappa shape index (κ1) is 48.5. The van der Waals surface area contributed by atoms with Crippen molar-refractivity contribution in [1.82, 2.24) is 4.98 Å². The molecule has 3 aromatic rings. The molecule has 0 bridgehead atoms. The molecule has 1 heterocycles. The summed E-state index contributed by atoms with van der Waals surface area (Å²) < 4.78 is 0. The van der Waals surface area contributed by atoms with E-state index in [0.717, 1.165) is 23.2 Å². The minimum atomic E-state index is 0. The normalized spacial score (nSPS) is 22.2. The molecule has 0 atom stereocenters. The number of pyridine rings is 1. The van der Waals surface area contributed by atoms with Crippen LogP contribution in [0, 0.1) is 0 Å². The topological polar surface area (TPSA) is 37.6 Å². The van der Waals surface area contributed by atoms with Crippen molar-refractivity contribution in [1.29, 1.82) is 0 Å². The molecule has 0 N–H and O–H groups in total. The van der Waals surface area contributed by atoms with Gasteiger partial charge in [-0.1, -0.05) is 146 Å². The van der Waals surface area contributed by atoms with Gasteiger partial charge in [0.15, 0.2) is 0 Å². The summed E-state index contributed by atoms with van der Waals surface area (Å²) in [6, 6.07) is 17.2. The van der Waals surface area contributed by atoms with Gasteiger partial charge in [-0.3, -0.25) is 9.98 Å². The van der Waals surface area contributed by atoms with Crippen LogP contribution in [0.4, 0.5) is 11.4 Å². The van der Waals surface area contributed by atoms with Crippen LogP contribution in [-0.4, -0.2) is 17.4 Å². The van der Waals surface area contributed by atoms with Crippen molar-refractivity contribution in [3.05, 3.63) is 87.2 Å². The van der Waals surface area contributed by atoms with Gasteiger partial charge in [-0.2, -0.15) is 0 Å². The summed E-state index contributed by atoms with van der Waals surface area (Å²) in [6.07, 6.45) is 45.1. The van der Waals surface area contributed by atoms with Crippen molar-refractivity contribution in [2.45, 2.75) is 228 Å². The van der Waals surface area contributed by atoms with Crippen molar-refractivity contribution in [3.63, 3.8) is 0 Å². The molecule has 6 aliphatic carbocycles. The van der Waals surface area contributed by atoms with Crippen LogP contribution < -0.4 is 24.8 Å². The zero-order valence-electron chi connectivity index (χ0n) is 37.3. The summed E-state index contributed by atoms with van der Waals surface area (Å²) in [4.78, 5) is 16.3. The number of nitrogens with zero attached hydrogens (tertiary/aromatic N) is 3. The van der Waals surface area contributed by atoms with Gasteiger partial charge in [0.1, 0.15) is 0 Å². The van der Waals surface area contributed by atoms with Crippen LogP contribution in [0.15, 0.2) is 52.4 Å². The predicted octanol–water partition coefficient (Wildman–Crippen LogP) is 10.9. The first-order valence-corrected chi connectivity index (χ1v) is 25.2. The van der Waals surface area contributed by atoms with Gasteiger partial charge in [0.2, 0.25) is 0 Å². The molecule has 6 saturated carbocycles. The Hall–Kier alpha value is -1.97. The summed E-state index contributed by atoms with van der Waals surface area (Å²) in [7, 11) is 0. The molecule has 2 aromatic carbocycles. The Morgan fingerprint density at radius 3 is 0.869 bits per heavy atom. The second-order valence-electron chi connectivity index (χ2n) is 20.1. The second kappa shape index (κ2) is 24.4. The van der Waals surface area contributed by atoms with Crippen LogP contribution in [0.2, 0.25) is 0 Å². The summed E-state index contributed by atoms with van der Waals surface area (Å²) in [5.74, 6) is 4.02. The molecule has 332 valence electrons. The molecule has 0 unspecified atom stereocenters. The monoisotopic (exact) mass is 903 g/mol. The summed E-state index contributed by atoms with van der Waals surface area (Å²) in [5, 5.41) is 0. The van der Waals surface area contributed by atoms with Gasteiger partial charge in [-0.15, -0.1) is 0 Å². The van der Waals surface area contributed by atoms with Crippen LogP contribution >= 0.6 is 0 Å². The molecule has 0 saturated heterocycles. The predicted molar refractivity (Wildman–Crippen MR) is 247 cm³/mol. The van der Waals surface area contributed by atoms with Gasteiger partial charge in [0, 0.05) is 0 Å². The number of hydrogen-bond acceptors (Lipinski definition) is 3. The fourth-order valence-corrected chi connectivity index (χ4v) is 12.8. The maximum absolute atomic E-state index is 5.55. The van der Waals surface area contributed by atoms with Crippen molar-refractivity contribution in [2.75, 3.05) is 0 Å². The Morgan fingerprint density at radius 2 is 0.607 bits per heavy atom. The van der Waals surface area contributed by atoms with Crippen LogP contribution in [-0.2, 0) is 17.1 Å². The zero-order valence-corrected chi connectivity index (χ0v) is 39.9. The van der Waals surface area contributed by atoms with Crippen LogP contribution in [0.25, 0.3) is 0 Å². The molecule has 61 heavy (non-hydrogen) atoms. The minimum absolute atomic E-state index is 0. The Balaban J connectivity index is 0.00000207. The number of benzene rings is 2. The molecular formula is C55H75Cl2FeN3. The van der Waals surface area contributed by atoms with Crippen molar-refractivity contribution in [2.24, 2.45) is 9.98 Å². The average Bonchev–Trinajstić information content (AvgIpc) is 3.31. The number of hydrogen-bond donors (Lipinski definition) is 0. The first-order valence-electron chi connectivity index (χ1n) is 25.2. The van der Waals surface area contributed by atoms with Gasteiger partial charge in [-0.25, -0.2) is 4.98 Å². The van der Waals surface area contributed by atoms with Gasteiger partial charge in [0.05, 0.1) is 35.2 Å². The quantitative estimate of drug-likeness (QED) is 0.148. The standard InChI is InChI=1S/C55H75N3.2ClH.Fe/c1-7-20-40(21-8-1)46-34-50(42-24-11-3-12-25-42)54(51(35-46)43-26-13-4-14-27-43)56-38-48-32-19-33-49(58-48)39-57-55-52(44-28-15-5-16-29-44)36-47(41-22-9-2-10-23-41)37-53(55)45-30-17-6-18-31-45;;;/h19,32-45H,1-18,20-31H2;2*1H;/q;;;+2/p-2. The molecule has 0 amide bonds. The smallest absolute Gasteiger partial charge is 1.00 e. The van der Waals surface area contributed by atoms with Crippen LogP contribution in [0.5, 0.6) is 0 Å². The Labute approximate surface area is 393 Å². The van der Waals surface area contributed by atoms with Crippen molar-refractivity contribution < 1.29 is 41.9 Å². The molecule has 6 heteroatoms. The maximum atomic E-state index is 5.55. The molecule has 9 rings (SSSR count). The summed E-state index contributed by atoms with van der Waals surface area (Å²) in [5.41, 5.74) is 14.1. The molecule has 0 radical (unpaired) electrons. The third-order valence-corrected chi connectivity index (χ3v) is 16.2. The fraction of sp³-hybridized carbons (Fsp3) is 0.655. The van der Waals surface area contributed by atoms with Crippen molar-refractivity contribution >= 4 is 23.8 Å². The molecule has 3 nitrogen and oxygen atoms in total. The Morgan fingerprint density at radius 1 is 0.361 bits per heavy atom. The fourth-order valence-electron chi connectivity index (χ4n) is 12.8. The maximum Gasteiger partial charge on any atom is 2.00 e. The molecule has 6 aliphatic rings. The summed E-state index contributed by atoms with van der Waals surface area (Å²) in [6.45, 7) is 0. The largest absolute Gasteiger partial charge is 2.00 e. The third kappa shape index (κ3) is 12.2. The second-order valence-corrected chi connectivity index (χ2v) is 20.1. The van der Waals surface area contributed by atoms with Gasteiger partial charge >= 0.3 is 17.1 Å². The van der Waals surface area contributed by atoms with Gasteiger partial charge in [-0.05, 0) is 158 Å². The number of rotatable bonds is 10. The number of aromatic nitrogens is 1. The van der Waals surface area contributed by atoms with Crippen LogP contribution in [0.3, 0.4) is 0 Å². The Bertz CT molecular complexity index is 1640. The van der Waals surface area contributed by atoms with E-state index in [1.165, 1.54) is 204 Å². The molecule has 1 aromatic heterocycles.